The Hall–Kier alpha value is -1.74. The maximum Gasteiger partial charge on any atom is 0.251 e. The molecule has 0 aliphatic carbocycles. The number of amides is 1. The number of benzene rings is 2. The number of hydrogen-bond donors (Lipinski definition) is 1. The van der Waals surface area contributed by atoms with Crippen LogP contribution in [-0.4, -0.2) is 58.3 Å². The molecule has 0 aliphatic heterocycles. The van der Waals surface area contributed by atoms with Crippen LogP contribution in [0.4, 0.5) is 0 Å². The zero-order valence-electron chi connectivity index (χ0n) is 15.8. The number of sulfonamides is 1. The highest BCUT2D eigenvalue weighted by Crippen LogP contribution is 2.25. The van der Waals surface area contributed by atoms with Gasteiger partial charge in [0.1, 0.15) is 0 Å². The van der Waals surface area contributed by atoms with Gasteiger partial charge in [-0.3, -0.25) is 4.79 Å². The van der Waals surface area contributed by atoms with Crippen molar-refractivity contribution in [1.29, 1.82) is 0 Å². The molecular weight excluding hydrogens is 430 g/mol. The van der Waals surface area contributed by atoms with Gasteiger partial charge >= 0.3 is 0 Å². The number of carbonyl (C=O) groups is 1. The fourth-order valence-corrected chi connectivity index (χ4v) is 4.41. The molecule has 146 valence electrons. The molecule has 0 spiro atoms. The van der Waals surface area contributed by atoms with Crippen molar-refractivity contribution in [2.75, 3.05) is 34.7 Å². The van der Waals surface area contributed by atoms with E-state index in [-0.39, 0.29) is 16.8 Å². The van der Waals surface area contributed by atoms with Crippen molar-refractivity contribution >= 4 is 31.9 Å². The van der Waals surface area contributed by atoms with Crippen LogP contribution in [0.15, 0.2) is 57.9 Å². The van der Waals surface area contributed by atoms with Crippen LogP contribution in [0.1, 0.15) is 22.0 Å². The summed E-state index contributed by atoms with van der Waals surface area (Å²) in [7, 11) is 3.11. The van der Waals surface area contributed by atoms with Crippen molar-refractivity contribution in [2.24, 2.45) is 0 Å². The lowest BCUT2D eigenvalue weighted by Gasteiger charge is -2.23. The van der Waals surface area contributed by atoms with Gasteiger partial charge in [-0.15, -0.1) is 0 Å². The molecule has 0 heterocycles. The Morgan fingerprint density at radius 2 is 1.70 bits per heavy atom. The van der Waals surface area contributed by atoms with E-state index in [2.05, 4.69) is 21.2 Å². The van der Waals surface area contributed by atoms with E-state index in [4.69, 9.17) is 0 Å². The summed E-state index contributed by atoms with van der Waals surface area (Å²) in [4.78, 5) is 14.9. The molecule has 2 aromatic rings. The molecule has 0 fully saturated rings. The van der Waals surface area contributed by atoms with E-state index in [0.717, 1.165) is 9.87 Å². The second kappa shape index (κ2) is 8.97. The quantitative estimate of drug-likeness (QED) is 0.699. The Kier molecular flexibility index (Phi) is 7.16. The normalized spacial score (nSPS) is 13.0. The molecule has 0 aromatic heterocycles. The maximum absolute atomic E-state index is 12.8. The molecule has 1 amide bonds. The summed E-state index contributed by atoms with van der Waals surface area (Å²) >= 11 is 3.26. The SMILES string of the molecule is CN(C)CC(NC(=O)c1ccc(Br)c(S(=O)(=O)N(C)C)c1)c1ccccc1. The molecule has 1 unspecified atom stereocenters. The minimum Gasteiger partial charge on any atom is -0.344 e. The summed E-state index contributed by atoms with van der Waals surface area (Å²) in [6, 6.07) is 14.0. The maximum atomic E-state index is 12.8. The van der Waals surface area contributed by atoms with Crippen molar-refractivity contribution in [3.63, 3.8) is 0 Å². The topological polar surface area (TPSA) is 69.7 Å². The van der Waals surface area contributed by atoms with Crippen molar-refractivity contribution in [2.45, 2.75) is 10.9 Å². The summed E-state index contributed by atoms with van der Waals surface area (Å²) in [5.74, 6) is -0.326. The van der Waals surface area contributed by atoms with E-state index in [1.165, 1.54) is 20.2 Å². The highest BCUT2D eigenvalue weighted by atomic mass is 79.9. The van der Waals surface area contributed by atoms with Gasteiger partial charge in [-0.1, -0.05) is 30.3 Å². The molecule has 1 N–H and O–H groups in total. The minimum atomic E-state index is -3.66. The fourth-order valence-electron chi connectivity index (χ4n) is 2.57. The highest BCUT2D eigenvalue weighted by molar-refractivity contribution is 9.10. The van der Waals surface area contributed by atoms with Gasteiger partial charge in [0.25, 0.3) is 5.91 Å². The van der Waals surface area contributed by atoms with Gasteiger partial charge in [0.15, 0.2) is 0 Å². The molecular formula is C19H24BrN3O3S. The van der Waals surface area contributed by atoms with Crippen molar-refractivity contribution in [1.82, 2.24) is 14.5 Å². The first-order valence-corrected chi connectivity index (χ1v) is 10.6. The standard InChI is InChI=1S/C19H24BrN3O3S/c1-22(2)13-17(14-8-6-5-7-9-14)21-19(24)15-10-11-16(20)18(12-15)27(25,26)23(3)4/h5-12,17H,13H2,1-4H3,(H,21,24). The first-order chi connectivity index (χ1) is 12.6. The van der Waals surface area contributed by atoms with Crippen LogP contribution in [0, 0.1) is 0 Å². The Labute approximate surface area is 169 Å². The molecule has 8 heteroatoms. The smallest absolute Gasteiger partial charge is 0.251 e. The monoisotopic (exact) mass is 453 g/mol. The highest BCUT2D eigenvalue weighted by Gasteiger charge is 2.23. The molecule has 0 saturated carbocycles. The lowest BCUT2D eigenvalue weighted by atomic mass is 10.1. The molecule has 0 aliphatic rings. The van der Waals surface area contributed by atoms with Crippen LogP contribution in [0.2, 0.25) is 0 Å². The van der Waals surface area contributed by atoms with Crippen LogP contribution in [0.3, 0.4) is 0 Å². The van der Waals surface area contributed by atoms with E-state index in [0.29, 0.717) is 16.6 Å². The minimum absolute atomic E-state index is 0.0593. The van der Waals surface area contributed by atoms with Crippen LogP contribution >= 0.6 is 15.9 Å². The third-order valence-corrected chi connectivity index (χ3v) is 6.82. The summed E-state index contributed by atoms with van der Waals surface area (Å²) in [6.45, 7) is 0.620. The van der Waals surface area contributed by atoms with Crippen LogP contribution < -0.4 is 5.32 Å². The van der Waals surface area contributed by atoms with Gasteiger partial charge in [-0.2, -0.15) is 0 Å². The Balaban J connectivity index is 2.34. The summed E-state index contributed by atoms with van der Waals surface area (Å²) in [5.41, 5.74) is 1.27. The number of halogens is 1. The average Bonchev–Trinajstić information content (AvgIpc) is 2.61. The van der Waals surface area contributed by atoms with E-state index in [1.54, 1.807) is 12.1 Å². The number of likely N-dealkylation sites (N-methyl/N-ethyl adjacent to an activating group) is 1. The van der Waals surface area contributed by atoms with Gasteiger partial charge in [-0.05, 0) is 53.8 Å². The molecule has 0 saturated heterocycles. The predicted octanol–water partition coefficient (Wildman–Crippen LogP) is 2.73. The molecule has 6 nitrogen and oxygen atoms in total. The third-order valence-electron chi connectivity index (χ3n) is 4.01. The Morgan fingerprint density at radius 3 is 2.26 bits per heavy atom. The van der Waals surface area contributed by atoms with Crippen molar-refractivity contribution < 1.29 is 13.2 Å². The van der Waals surface area contributed by atoms with Gasteiger partial charge in [-0.25, -0.2) is 12.7 Å². The number of nitrogens with one attached hydrogen (secondary N) is 1. The molecule has 1 atom stereocenters. The zero-order valence-corrected chi connectivity index (χ0v) is 18.2. The average molecular weight is 454 g/mol. The first-order valence-electron chi connectivity index (χ1n) is 8.35. The second-order valence-corrected chi connectivity index (χ2v) is 9.61. The van der Waals surface area contributed by atoms with Crippen LogP contribution in [0.25, 0.3) is 0 Å². The summed E-state index contributed by atoms with van der Waals surface area (Å²) in [6.07, 6.45) is 0. The lowest BCUT2D eigenvalue weighted by molar-refractivity contribution is 0.0929. The predicted molar refractivity (Wildman–Crippen MR) is 110 cm³/mol. The van der Waals surface area contributed by atoms with Gasteiger partial charge in [0.2, 0.25) is 10.0 Å². The zero-order chi connectivity index (χ0) is 20.2. The number of hydrogen-bond acceptors (Lipinski definition) is 4. The van der Waals surface area contributed by atoms with Gasteiger partial charge < -0.3 is 10.2 Å². The molecule has 0 bridgehead atoms. The number of rotatable bonds is 7. The fraction of sp³-hybridized carbons (Fsp3) is 0.316. The van der Waals surface area contributed by atoms with Crippen LogP contribution in [-0.2, 0) is 10.0 Å². The van der Waals surface area contributed by atoms with Crippen LogP contribution in [0.5, 0.6) is 0 Å². The Bertz CT molecular complexity index is 900. The van der Waals surface area contributed by atoms with Crippen molar-refractivity contribution in [3.8, 4) is 0 Å². The van der Waals surface area contributed by atoms with E-state index < -0.39 is 10.0 Å². The van der Waals surface area contributed by atoms with E-state index in [1.807, 2.05) is 49.3 Å². The first kappa shape index (κ1) is 21.6. The molecule has 0 radical (unpaired) electrons. The van der Waals surface area contributed by atoms with Crippen molar-refractivity contribution in [3.05, 3.63) is 64.1 Å². The largest absolute Gasteiger partial charge is 0.344 e. The molecule has 2 aromatic carbocycles. The van der Waals surface area contributed by atoms with E-state index in [9.17, 15) is 13.2 Å². The van der Waals surface area contributed by atoms with E-state index >= 15 is 0 Å². The van der Waals surface area contributed by atoms with Gasteiger partial charge in [0, 0.05) is 30.7 Å². The third kappa shape index (κ3) is 5.38. The number of nitrogens with zero attached hydrogens (tertiary/aromatic N) is 2. The molecule has 27 heavy (non-hydrogen) atoms. The second-order valence-electron chi connectivity index (χ2n) is 6.63. The van der Waals surface area contributed by atoms with Gasteiger partial charge in [0.05, 0.1) is 10.9 Å². The Morgan fingerprint density at radius 1 is 1.07 bits per heavy atom. The molecule has 2 rings (SSSR count). The summed E-state index contributed by atoms with van der Waals surface area (Å²) < 4.78 is 26.5. The lowest BCUT2D eigenvalue weighted by Crippen LogP contribution is -2.35. The number of carbonyl (C=O) groups excluding carboxylic acids is 1. The summed E-state index contributed by atoms with van der Waals surface area (Å²) in [5, 5.41) is 3.00.